The summed E-state index contributed by atoms with van der Waals surface area (Å²) < 4.78 is 1.43. The second kappa shape index (κ2) is 5.59. The lowest BCUT2D eigenvalue weighted by Gasteiger charge is -2.11. The average Bonchev–Trinajstić information content (AvgIpc) is 3.28. The Kier molecular flexibility index (Phi) is 3.62. The van der Waals surface area contributed by atoms with Crippen LogP contribution in [0.2, 0.25) is 0 Å². The Hall–Kier alpha value is -2.70. The average molecular weight is 300 g/mol. The molecule has 1 fully saturated rings. The number of carbonyl (C=O) groups is 3. The van der Waals surface area contributed by atoms with E-state index in [1.165, 1.54) is 4.68 Å². The zero-order chi connectivity index (χ0) is 15.7. The minimum absolute atomic E-state index is 0.0646. The summed E-state index contributed by atoms with van der Waals surface area (Å²) in [6, 6.07) is 6.62. The lowest BCUT2D eigenvalue weighted by molar-refractivity contribution is -0.124. The van der Waals surface area contributed by atoms with Crippen molar-refractivity contribution in [2.45, 2.75) is 25.4 Å². The largest absolute Gasteiger partial charge is 0.364 e. The highest BCUT2D eigenvalue weighted by Gasteiger charge is 2.32. The van der Waals surface area contributed by atoms with Crippen LogP contribution in [0.15, 0.2) is 24.3 Å². The van der Waals surface area contributed by atoms with Gasteiger partial charge in [-0.05, 0) is 24.8 Å². The molecule has 1 saturated carbocycles. The predicted molar refractivity (Wildman–Crippen MR) is 79.0 cm³/mol. The number of aromatic nitrogens is 2. The Balaban J connectivity index is 1.82. The number of benzene rings is 1. The standard InChI is InChI=1S/C15H16N4O3/c16-15(22)14-10-3-1-2-4-12(10)19(18-14)7-13(21)17-11(8-20)9-5-6-9/h1-4,8-9,11H,5-7H2,(H2,16,22)(H,17,21). The zero-order valence-corrected chi connectivity index (χ0v) is 11.9. The molecule has 1 aliphatic rings. The molecule has 0 saturated heterocycles. The first-order valence-electron chi connectivity index (χ1n) is 7.10. The normalized spacial score (nSPS) is 15.5. The molecule has 1 aliphatic carbocycles. The molecule has 3 N–H and O–H groups in total. The highest BCUT2D eigenvalue weighted by Crippen LogP contribution is 2.31. The second-order valence-corrected chi connectivity index (χ2v) is 5.45. The first-order valence-corrected chi connectivity index (χ1v) is 7.10. The number of para-hydroxylation sites is 1. The summed E-state index contributed by atoms with van der Waals surface area (Å²) >= 11 is 0. The summed E-state index contributed by atoms with van der Waals surface area (Å²) in [4.78, 5) is 34.5. The molecule has 2 amide bonds. The van der Waals surface area contributed by atoms with Gasteiger partial charge in [-0.2, -0.15) is 5.10 Å². The summed E-state index contributed by atoms with van der Waals surface area (Å²) in [6.45, 7) is -0.0646. The van der Waals surface area contributed by atoms with Crippen LogP contribution >= 0.6 is 0 Å². The van der Waals surface area contributed by atoms with E-state index in [4.69, 9.17) is 5.73 Å². The van der Waals surface area contributed by atoms with E-state index in [9.17, 15) is 14.4 Å². The van der Waals surface area contributed by atoms with Crippen molar-refractivity contribution in [1.29, 1.82) is 0 Å². The highest BCUT2D eigenvalue weighted by molar-refractivity contribution is 6.04. The number of rotatable bonds is 6. The van der Waals surface area contributed by atoms with Crippen LogP contribution in [0.4, 0.5) is 0 Å². The van der Waals surface area contributed by atoms with Gasteiger partial charge in [-0.15, -0.1) is 0 Å². The number of aldehydes is 1. The molecule has 3 rings (SSSR count). The van der Waals surface area contributed by atoms with Crippen LogP contribution < -0.4 is 11.1 Å². The minimum atomic E-state index is -0.640. The van der Waals surface area contributed by atoms with Crippen LogP contribution in [0.1, 0.15) is 23.3 Å². The third-order valence-electron chi connectivity index (χ3n) is 3.79. The Morgan fingerprint density at radius 1 is 1.41 bits per heavy atom. The SMILES string of the molecule is NC(=O)c1nn(CC(=O)NC(C=O)C2CC2)c2ccccc12. The van der Waals surface area contributed by atoms with E-state index < -0.39 is 11.9 Å². The number of hydrogen-bond donors (Lipinski definition) is 2. The van der Waals surface area contributed by atoms with Gasteiger partial charge in [-0.1, -0.05) is 18.2 Å². The van der Waals surface area contributed by atoms with Gasteiger partial charge >= 0.3 is 0 Å². The Bertz CT molecular complexity index is 748. The molecule has 1 aromatic heterocycles. The first kappa shape index (κ1) is 14.2. The third-order valence-corrected chi connectivity index (χ3v) is 3.79. The molecule has 1 atom stereocenters. The van der Waals surface area contributed by atoms with Crippen LogP contribution in [0, 0.1) is 5.92 Å². The molecular formula is C15H16N4O3. The maximum Gasteiger partial charge on any atom is 0.269 e. The molecule has 114 valence electrons. The number of nitrogens with one attached hydrogen (secondary N) is 1. The van der Waals surface area contributed by atoms with Gasteiger partial charge in [-0.25, -0.2) is 0 Å². The fourth-order valence-corrected chi connectivity index (χ4v) is 2.52. The van der Waals surface area contributed by atoms with E-state index in [2.05, 4.69) is 10.4 Å². The van der Waals surface area contributed by atoms with Gasteiger partial charge in [0.2, 0.25) is 5.91 Å². The molecule has 1 aromatic carbocycles. The molecule has 2 aromatic rings. The molecule has 7 heteroatoms. The smallest absolute Gasteiger partial charge is 0.269 e. The summed E-state index contributed by atoms with van der Waals surface area (Å²) in [7, 11) is 0. The molecule has 0 bridgehead atoms. The van der Waals surface area contributed by atoms with Gasteiger partial charge in [-0.3, -0.25) is 14.3 Å². The van der Waals surface area contributed by atoms with Crippen molar-refractivity contribution in [3.05, 3.63) is 30.0 Å². The third kappa shape index (κ3) is 2.69. The molecule has 22 heavy (non-hydrogen) atoms. The number of nitrogens with two attached hydrogens (primary N) is 1. The monoisotopic (exact) mass is 300 g/mol. The summed E-state index contributed by atoms with van der Waals surface area (Å²) in [5.74, 6) is -0.704. The fraction of sp³-hybridized carbons (Fsp3) is 0.333. The maximum atomic E-state index is 12.1. The molecule has 1 unspecified atom stereocenters. The van der Waals surface area contributed by atoms with Gasteiger partial charge in [0.05, 0.1) is 11.6 Å². The van der Waals surface area contributed by atoms with E-state index in [-0.39, 0.29) is 24.1 Å². The summed E-state index contributed by atoms with van der Waals surface area (Å²) in [6.07, 6.45) is 2.69. The second-order valence-electron chi connectivity index (χ2n) is 5.45. The van der Waals surface area contributed by atoms with Crippen molar-refractivity contribution in [2.75, 3.05) is 0 Å². The zero-order valence-electron chi connectivity index (χ0n) is 11.9. The molecule has 0 spiro atoms. The maximum absolute atomic E-state index is 12.1. The van der Waals surface area contributed by atoms with E-state index in [0.29, 0.717) is 10.9 Å². The fourth-order valence-electron chi connectivity index (χ4n) is 2.52. The van der Waals surface area contributed by atoms with Gasteiger partial charge in [0.1, 0.15) is 12.8 Å². The van der Waals surface area contributed by atoms with Gasteiger partial charge in [0.15, 0.2) is 5.69 Å². The van der Waals surface area contributed by atoms with Crippen LogP contribution in [-0.2, 0) is 16.1 Å². The molecule has 0 radical (unpaired) electrons. The number of fused-ring (bicyclic) bond motifs is 1. The van der Waals surface area contributed by atoms with E-state index in [1.807, 2.05) is 0 Å². The van der Waals surface area contributed by atoms with Crippen molar-refractivity contribution in [3.63, 3.8) is 0 Å². The lowest BCUT2D eigenvalue weighted by atomic mass is 10.2. The van der Waals surface area contributed by atoms with Crippen molar-refractivity contribution >= 4 is 29.0 Å². The first-order chi connectivity index (χ1) is 10.6. The van der Waals surface area contributed by atoms with Crippen molar-refractivity contribution in [2.24, 2.45) is 11.7 Å². The lowest BCUT2D eigenvalue weighted by Crippen LogP contribution is -2.39. The Labute approximate surface area is 126 Å². The van der Waals surface area contributed by atoms with Crippen LogP contribution in [-0.4, -0.2) is 33.9 Å². The number of amides is 2. The summed E-state index contributed by atoms with van der Waals surface area (Å²) in [5.41, 5.74) is 6.10. The molecule has 7 nitrogen and oxygen atoms in total. The van der Waals surface area contributed by atoms with E-state index in [0.717, 1.165) is 19.1 Å². The summed E-state index contributed by atoms with van der Waals surface area (Å²) in [5, 5.41) is 7.42. The molecular weight excluding hydrogens is 284 g/mol. The van der Waals surface area contributed by atoms with E-state index in [1.54, 1.807) is 24.3 Å². The van der Waals surface area contributed by atoms with Crippen LogP contribution in [0.25, 0.3) is 10.9 Å². The minimum Gasteiger partial charge on any atom is -0.364 e. The van der Waals surface area contributed by atoms with Gasteiger partial charge < -0.3 is 15.8 Å². The Morgan fingerprint density at radius 3 is 2.77 bits per heavy atom. The van der Waals surface area contributed by atoms with E-state index >= 15 is 0 Å². The van der Waals surface area contributed by atoms with Crippen molar-refractivity contribution < 1.29 is 14.4 Å². The van der Waals surface area contributed by atoms with Crippen LogP contribution in [0.3, 0.4) is 0 Å². The predicted octanol–water partition coefficient (Wildman–Crippen LogP) is 0.229. The molecule has 0 aliphatic heterocycles. The van der Waals surface area contributed by atoms with Crippen molar-refractivity contribution in [3.8, 4) is 0 Å². The van der Waals surface area contributed by atoms with Crippen molar-refractivity contribution in [1.82, 2.24) is 15.1 Å². The molecule has 1 heterocycles. The van der Waals surface area contributed by atoms with Gasteiger partial charge in [0.25, 0.3) is 5.91 Å². The number of carbonyl (C=O) groups excluding carboxylic acids is 3. The van der Waals surface area contributed by atoms with Gasteiger partial charge in [0, 0.05) is 5.39 Å². The topological polar surface area (TPSA) is 107 Å². The number of hydrogen-bond acceptors (Lipinski definition) is 4. The highest BCUT2D eigenvalue weighted by atomic mass is 16.2. The number of nitrogens with zero attached hydrogens (tertiary/aromatic N) is 2. The quantitative estimate of drug-likeness (QED) is 0.744. The number of primary amides is 1. The van der Waals surface area contributed by atoms with Crippen LogP contribution in [0.5, 0.6) is 0 Å². The Morgan fingerprint density at radius 2 is 2.14 bits per heavy atom.